The first-order valence-electron chi connectivity index (χ1n) is 6.92. The zero-order valence-corrected chi connectivity index (χ0v) is 11.9. The summed E-state index contributed by atoms with van der Waals surface area (Å²) in [5.74, 6) is -0.316. The van der Waals surface area contributed by atoms with Crippen LogP contribution in [0.3, 0.4) is 0 Å². The number of urea groups is 1. The second kappa shape index (κ2) is 6.41. The van der Waals surface area contributed by atoms with Gasteiger partial charge >= 0.3 is 12.0 Å². The Bertz CT molecular complexity index is 484. The van der Waals surface area contributed by atoms with Crippen LogP contribution in [0.15, 0.2) is 24.3 Å². The molecule has 1 aliphatic heterocycles. The third-order valence-corrected chi connectivity index (χ3v) is 3.38. The van der Waals surface area contributed by atoms with E-state index >= 15 is 0 Å². The molecule has 1 aromatic carbocycles. The molecule has 0 bridgehead atoms. The maximum Gasteiger partial charge on any atom is 0.328 e. The molecule has 0 radical (unpaired) electrons. The molecule has 1 unspecified atom stereocenters. The Morgan fingerprint density at radius 1 is 1.35 bits per heavy atom. The minimum Gasteiger partial charge on any atom is -0.464 e. The van der Waals surface area contributed by atoms with E-state index in [1.54, 1.807) is 11.8 Å². The van der Waals surface area contributed by atoms with Crippen molar-refractivity contribution in [3.05, 3.63) is 29.8 Å². The highest BCUT2D eigenvalue weighted by atomic mass is 16.5. The number of carbonyl (C=O) groups excluding carboxylic acids is 2. The van der Waals surface area contributed by atoms with Gasteiger partial charge in [0.1, 0.15) is 6.04 Å². The number of benzene rings is 1. The molecule has 0 aromatic heterocycles. The standard InChI is InChI=1S/C15H20N2O3/c1-3-20-14(18)13-5-4-10-17(13)15(19)16-12-8-6-11(2)7-9-12/h6-9,13H,3-5,10H2,1-2H3,(H,16,19). The van der Waals surface area contributed by atoms with Crippen molar-refractivity contribution in [1.82, 2.24) is 4.90 Å². The monoisotopic (exact) mass is 276 g/mol. The summed E-state index contributed by atoms with van der Waals surface area (Å²) in [5, 5.41) is 2.82. The minimum absolute atomic E-state index is 0.246. The number of anilines is 1. The van der Waals surface area contributed by atoms with Crippen molar-refractivity contribution < 1.29 is 14.3 Å². The summed E-state index contributed by atoms with van der Waals surface area (Å²) in [4.78, 5) is 25.6. The van der Waals surface area contributed by atoms with E-state index < -0.39 is 6.04 Å². The zero-order chi connectivity index (χ0) is 14.5. The van der Waals surface area contributed by atoms with Gasteiger partial charge in [0, 0.05) is 12.2 Å². The van der Waals surface area contributed by atoms with Gasteiger partial charge in [0.25, 0.3) is 0 Å². The van der Waals surface area contributed by atoms with Gasteiger partial charge in [-0.1, -0.05) is 17.7 Å². The molecule has 20 heavy (non-hydrogen) atoms. The lowest BCUT2D eigenvalue weighted by Gasteiger charge is -2.23. The summed E-state index contributed by atoms with van der Waals surface area (Å²) in [6.45, 7) is 4.68. The first kappa shape index (κ1) is 14.4. The fourth-order valence-electron chi connectivity index (χ4n) is 2.33. The molecule has 0 spiro atoms. The SMILES string of the molecule is CCOC(=O)C1CCCN1C(=O)Nc1ccc(C)cc1. The fourth-order valence-corrected chi connectivity index (χ4v) is 2.33. The van der Waals surface area contributed by atoms with Crippen LogP contribution in [-0.2, 0) is 9.53 Å². The average molecular weight is 276 g/mol. The largest absolute Gasteiger partial charge is 0.464 e. The molecule has 0 saturated carbocycles. The van der Waals surface area contributed by atoms with E-state index in [2.05, 4.69) is 5.32 Å². The molecule has 5 nitrogen and oxygen atoms in total. The number of hydrogen-bond acceptors (Lipinski definition) is 3. The van der Waals surface area contributed by atoms with Gasteiger partial charge in [0.15, 0.2) is 0 Å². The molecule has 0 aliphatic carbocycles. The van der Waals surface area contributed by atoms with E-state index in [0.29, 0.717) is 19.6 Å². The molecule has 2 rings (SSSR count). The number of likely N-dealkylation sites (tertiary alicyclic amines) is 1. The highest BCUT2D eigenvalue weighted by molar-refractivity contribution is 5.93. The zero-order valence-electron chi connectivity index (χ0n) is 11.9. The van der Waals surface area contributed by atoms with Gasteiger partial charge in [-0.05, 0) is 38.8 Å². The summed E-state index contributed by atoms with van der Waals surface area (Å²) in [6, 6.07) is 6.86. The summed E-state index contributed by atoms with van der Waals surface area (Å²) >= 11 is 0. The number of nitrogens with zero attached hydrogens (tertiary/aromatic N) is 1. The topological polar surface area (TPSA) is 58.6 Å². The first-order valence-corrected chi connectivity index (χ1v) is 6.92. The number of aryl methyl sites for hydroxylation is 1. The number of ether oxygens (including phenoxy) is 1. The van der Waals surface area contributed by atoms with Crippen LogP contribution in [0.25, 0.3) is 0 Å². The maximum absolute atomic E-state index is 12.2. The van der Waals surface area contributed by atoms with Crippen LogP contribution >= 0.6 is 0 Å². The molecule has 1 atom stereocenters. The third-order valence-electron chi connectivity index (χ3n) is 3.38. The Balaban J connectivity index is 2.00. The average Bonchev–Trinajstić information content (AvgIpc) is 2.91. The number of hydrogen-bond donors (Lipinski definition) is 1. The lowest BCUT2D eigenvalue weighted by Crippen LogP contribution is -2.43. The number of nitrogens with one attached hydrogen (secondary N) is 1. The van der Waals surface area contributed by atoms with E-state index in [4.69, 9.17) is 4.74 Å². The van der Waals surface area contributed by atoms with Crippen molar-refractivity contribution in [3.8, 4) is 0 Å². The van der Waals surface area contributed by atoms with Gasteiger partial charge in [0.2, 0.25) is 0 Å². The maximum atomic E-state index is 12.2. The van der Waals surface area contributed by atoms with E-state index in [-0.39, 0.29) is 12.0 Å². The summed E-state index contributed by atoms with van der Waals surface area (Å²) in [6.07, 6.45) is 1.49. The van der Waals surface area contributed by atoms with Crippen LogP contribution in [0, 0.1) is 6.92 Å². The Morgan fingerprint density at radius 3 is 2.70 bits per heavy atom. The van der Waals surface area contributed by atoms with Crippen molar-refractivity contribution in [2.24, 2.45) is 0 Å². The molecular weight excluding hydrogens is 256 g/mol. The van der Waals surface area contributed by atoms with E-state index in [9.17, 15) is 9.59 Å². The highest BCUT2D eigenvalue weighted by Gasteiger charge is 2.35. The Morgan fingerprint density at radius 2 is 2.05 bits per heavy atom. The normalized spacial score (nSPS) is 17.9. The first-order chi connectivity index (χ1) is 9.61. The second-order valence-corrected chi connectivity index (χ2v) is 4.90. The molecule has 108 valence electrons. The van der Waals surface area contributed by atoms with Gasteiger partial charge in [-0.2, -0.15) is 0 Å². The van der Waals surface area contributed by atoms with Crippen LogP contribution in [-0.4, -0.2) is 36.1 Å². The van der Waals surface area contributed by atoms with Crippen molar-refractivity contribution in [1.29, 1.82) is 0 Å². The highest BCUT2D eigenvalue weighted by Crippen LogP contribution is 2.20. The predicted octanol–water partition coefficient (Wildman–Crippen LogP) is 2.55. The van der Waals surface area contributed by atoms with E-state index in [0.717, 1.165) is 17.7 Å². The molecule has 1 N–H and O–H groups in total. The van der Waals surface area contributed by atoms with Crippen LogP contribution in [0.2, 0.25) is 0 Å². The lowest BCUT2D eigenvalue weighted by molar-refractivity contribution is -0.147. The Labute approximate surface area is 118 Å². The van der Waals surface area contributed by atoms with Gasteiger partial charge in [-0.15, -0.1) is 0 Å². The van der Waals surface area contributed by atoms with Gasteiger partial charge in [-0.25, -0.2) is 9.59 Å². The lowest BCUT2D eigenvalue weighted by atomic mass is 10.2. The molecular formula is C15H20N2O3. The van der Waals surface area contributed by atoms with Gasteiger partial charge < -0.3 is 15.0 Å². The van der Waals surface area contributed by atoms with Crippen molar-refractivity contribution in [3.63, 3.8) is 0 Å². The van der Waals surface area contributed by atoms with Gasteiger partial charge in [-0.3, -0.25) is 0 Å². The van der Waals surface area contributed by atoms with Crippen molar-refractivity contribution in [2.75, 3.05) is 18.5 Å². The fraction of sp³-hybridized carbons (Fsp3) is 0.467. The molecule has 2 amide bonds. The number of amides is 2. The van der Waals surface area contributed by atoms with E-state index in [1.165, 1.54) is 0 Å². The van der Waals surface area contributed by atoms with Gasteiger partial charge in [0.05, 0.1) is 6.61 Å². The molecule has 1 heterocycles. The Kier molecular flexibility index (Phi) is 4.61. The van der Waals surface area contributed by atoms with Crippen LogP contribution in [0.4, 0.5) is 10.5 Å². The minimum atomic E-state index is -0.458. The number of rotatable bonds is 3. The third kappa shape index (κ3) is 3.29. The Hall–Kier alpha value is -2.04. The quantitative estimate of drug-likeness (QED) is 0.863. The smallest absolute Gasteiger partial charge is 0.328 e. The predicted molar refractivity (Wildman–Crippen MR) is 76.6 cm³/mol. The molecule has 1 fully saturated rings. The summed E-state index contributed by atoms with van der Waals surface area (Å²) in [7, 11) is 0. The molecule has 1 saturated heterocycles. The van der Waals surface area contributed by atoms with Crippen LogP contribution < -0.4 is 5.32 Å². The van der Waals surface area contributed by atoms with Crippen LogP contribution in [0.1, 0.15) is 25.3 Å². The van der Waals surface area contributed by atoms with Crippen molar-refractivity contribution in [2.45, 2.75) is 32.7 Å². The van der Waals surface area contributed by atoms with E-state index in [1.807, 2.05) is 31.2 Å². The molecule has 1 aliphatic rings. The summed E-state index contributed by atoms with van der Waals surface area (Å²) < 4.78 is 5.01. The molecule has 5 heteroatoms. The molecule has 1 aromatic rings. The second-order valence-electron chi connectivity index (χ2n) is 4.90. The summed E-state index contributed by atoms with van der Waals surface area (Å²) in [5.41, 5.74) is 1.86. The van der Waals surface area contributed by atoms with Crippen LogP contribution in [0.5, 0.6) is 0 Å². The number of esters is 1. The number of carbonyl (C=O) groups is 2. The van der Waals surface area contributed by atoms with Crippen molar-refractivity contribution >= 4 is 17.7 Å².